The Morgan fingerprint density at radius 2 is 1.90 bits per heavy atom. The van der Waals surface area contributed by atoms with Gasteiger partial charge in [0, 0.05) is 34.8 Å². The van der Waals surface area contributed by atoms with Gasteiger partial charge in [-0.15, -0.1) is 0 Å². The van der Waals surface area contributed by atoms with E-state index in [4.69, 9.17) is 0 Å². The minimum atomic E-state index is -4.75. The van der Waals surface area contributed by atoms with Gasteiger partial charge < -0.3 is 14.4 Å². The zero-order valence-electron chi connectivity index (χ0n) is 16.3. The summed E-state index contributed by atoms with van der Waals surface area (Å²) in [5.74, 6) is -2.20. The fourth-order valence-electron chi connectivity index (χ4n) is 3.18. The van der Waals surface area contributed by atoms with Gasteiger partial charge in [0.05, 0.1) is 5.52 Å². The molecule has 0 fully saturated rings. The van der Waals surface area contributed by atoms with E-state index in [1.807, 2.05) is 0 Å². The molecule has 0 aliphatic heterocycles. The second-order valence-electron chi connectivity index (χ2n) is 6.92. The molecule has 2 aromatic carbocycles. The zero-order chi connectivity index (χ0) is 22.3. The van der Waals surface area contributed by atoms with E-state index in [1.165, 1.54) is 28.8 Å². The molecule has 0 saturated carbocycles. The van der Waals surface area contributed by atoms with Crippen molar-refractivity contribution in [2.75, 3.05) is 5.32 Å². The largest absolute Gasteiger partial charge is 0.471 e. The van der Waals surface area contributed by atoms with Crippen LogP contribution in [-0.4, -0.2) is 20.6 Å². The van der Waals surface area contributed by atoms with Gasteiger partial charge in [-0.05, 0) is 43.3 Å². The number of pyridine rings is 1. The van der Waals surface area contributed by atoms with Gasteiger partial charge in [0.1, 0.15) is 0 Å². The Kier molecular flexibility index (Phi) is 4.84. The van der Waals surface area contributed by atoms with Crippen molar-refractivity contribution in [2.45, 2.75) is 13.1 Å². The number of hydrogen-bond donors (Lipinski definition) is 1. The summed E-state index contributed by atoms with van der Waals surface area (Å²) in [5, 5.41) is 6.85. The van der Waals surface area contributed by atoms with E-state index in [2.05, 4.69) is 20.0 Å². The van der Waals surface area contributed by atoms with Crippen molar-refractivity contribution in [3.63, 3.8) is 0 Å². The van der Waals surface area contributed by atoms with Gasteiger partial charge >= 0.3 is 12.1 Å². The molecule has 0 bridgehead atoms. The number of fused-ring (bicyclic) bond motifs is 1. The highest BCUT2D eigenvalue weighted by Crippen LogP contribution is 2.29. The van der Waals surface area contributed by atoms with Crippen LogP contribution in [0.1, 0.15) is 21.8 Å². The summed E-state index contributed by atoms with van der Waals surface area (Å²) in [5.41, 5.74) is 2.09. The average Bonchev–Trinajstić information content (AvgIpc) is 3.23. The Morgan fingerprint density at radius 1 is 1.13 bits per heavy atom. The smallest absolute Gasteiger partial charge is 0.329 e. The number of carbonyl (C=O) groups is 1. The Labute approximate surface area is 173 Å². The number of anilines is 1. The molecular formula is C21H15F3N4O3. The molecular weight excluding hydrogens is 413 g/mol. The number of nitrogens with one attached hydrogen (secondary N) is 1. The number of aromatic nitrogens is 3. The minimum Gasteiger partial charge on any atom is -0.329 e. The van der Waals surface area contributed by atoms with Crippen LogP contribution in [0, 0.1) is 6.92 Å². The van der Waals surface area contributed by atoms with Gasteiger partial charge in [-0.25, -0.2) is 0 Å². The Morgan fingerprint density at radius 3 is 2.61 bits per heavy atom. The summed E-state index contributed by atoms with van der Waals surface area (Å²) >= 11 is 0. The van der Waals surface area contributed by atoms with Crippen molar-refractivity contribution in [2.24, 2.45) is 7.05 Å². The number of benzene rings is 2. The van der Waals surface area contributed by atoms with E-state index >= 15 is 0 Å². The fourth-order valence-corrected chi connectivity index (χ4v) is 3.18. The lowest BCUT2D eigenvalue weighted by atomic mass is 10.1. The molecule has 4 rings (SSSR count). The van der Waals surface area contributed by atoms with Crippen LogP contribution in [0.5, 0.6) is 0 Å². The molecule has 0 aliphatic carbocycles. The van der Waals surface area contributed by atoms with Gasteiger partial charge in [-0.3, -0.25) is 9.59 Å². The molecule has 0 spiro atoms. The van der Waals surface area contributed by atoms with Gasteiger partial charge in [0.15, 0.2) is 0 Å². The van der Waals surface area contributed by atoms with Crippen LogP contribution in [0.15, 0.2) is 57.8 Å². The lowest BCUT2D eigenvalue weighted by Gasteiger charge is -2.10. The molecule has 0 atom stereocenters. The second kappa shape index (κ2) is 7.38. The average molecular weight is 428 g/mol. The van der Waals surface area contributed by atoms with Crippen molar-refractivity contribution in [3.05, 3.63) is 75.9 Å². The monoisotopic (exact) mass is 428 g/mol. The molecule has 1 N–H and O–H groups in total. The van der Waals surface area contributed by atoms with E-state index in [0.29, 0.717) is 16.8 Å². The molecule has 0 saturated heterocycles. The number of carbonyl (C=O) groups excluding carboxylic acids is 1. The number of halogens is 3. The molecule has 7 nitrogen and oxygen atoms in total. The maximum Gasteiger partial charge on any atom is 0.471 e. The van der Waals surface area contributed by atoms with Crippen LogP contribution < -0.4 is 10.9 Å². The standard InChI is InChI=1S/C21H15F3N4O3/c1-11-8-14-10-15(6-7-16(14)28(2)19(11)30)25-18(29)13-5-3-4-12(9-13)17-26-20(31-27-17)21(22,23)24/h3-10H,1-2H3,(H,25,29). The number of hydrogen-bond acceptors (Lipinski definition) is 5. The maximum absolute atomic E-state index is 12.7. The van der Waals surface area contributed by atoms with Gasteiger partial charge in [0.2, 0.25) is 5.82 Å². The maximum atomic E-state index is 12.7. The molecule has 1 amide bonds. The first-order valence-electron chi connectivity index (χ1n) is 9.06. The van der Waals surface area contributed by atoms with Crippen molar-refractivity contribution in [3.8, 4) is 11.4 Å². The summed E-state index contributed by atoms with van der Waals surface area (Å²) < 4.78 is 43.8. The molecule has 2 heterocycles. The Balaban J connectivity index is 1.61. The predicted molar refractivity (Wildman–Crippen MR) is 107 cm³/mol. The van der Waals surface area contributed by atoms with Crippen LogP contribution in [-0.2, 0) is 13.2 Å². The van der Waals surface area contributed by atoms with Crippen molar-refractivity contribution >= 4 is 22.5 Å². The third kappa shape index (κ3) is 3.91. The summed E-state index contributed by atoms with van der Waals surface area (Å²) in [6.07, 6.45) is -4.75. The van der Waals surface area contributed by atoms with Crippen LogP contribution in [0.4, 0.5) is 18.9 Å². The Bertz CT molecular complexity index is 1370. The molecule has 4 aromatic rings. The summed E-state index contributed by atoms with van der Waals surface area (Å²) in [6.45, 7) is 1.71. The summed E-state index contributed by atoms with van der Waals surface area (Å²) in [4.78, 5) is 28.1. The van der Waals surface area contributed by atoms with Gasteiger partial charge in [0.25, 0.3) is 11.5 Å². The third-order valence-corrected chi connectivity index (χ3v) is 4.71. The normalized spacial score (nSPS) is 11.6. The van der Waals surface area contributed by atoms with Crippen molar-refractivity contribution < 1.29 is 22.5 Å². The van der Waals surface area contributed by atoms with E-state index < -0.39 is 18.0 Å². The highest BCUT2D eigenvalue weighted by molar-refractivity contribution is 6.05. The van der Waals surface area contributed by atoms with E-state index in [0.717, 1.165) is 5.39 Å². The topological polar surface area (TPSA) is 90.0 Å². The molecule has 0 unspecified atom stereocenters. The molecule has 10 heteroatoms. The first-order valence-corrected chi connectivity index (χ1v) is 9.06. The highest BCUT2D eigenvalue weighted by atomic mass is 19.4. The number of nitrogens with zero attached hydrogens (tertiary/aromatic N) is 3. The number of aryl methyl sites for hydroxylation is 2. The van der Waals surface area contributed by atoms with E-state index in [9.17, 15) is 22.8 Å². The second-order valence-corrected chi connectivity index (χ2v) is 6.92. The highest BCUT2D eigenvalue weighted by Gasteiger charge is 2.38. The van der Waals surface area contributed by atoms with Gasteiger partial charge in [-0.2, -0.15) is 18.2 Å². The van der Waals surface area contributed by atoms with E-state index in [1.54, 1.807) is 38.2 Å². The summed E-state index contributed by atoms with van der Waals surface area (Å²) in [7, 11) is 1.67. The lowest BCUT2D eigenvalue weighted by molar-refractivity contribution is -0.159. The van der Waals surface area contributed by atoms with Crippen molar-refractivity contribution in [1.82, 2.24) is 14.7 Å². The molecule has 31 heavy (non-hydrogen) atoms. The molecule has 0 radical (unpaired) electrons. The SMILES string of the molecule is Cc1cc2cc(NC(=O)c3cccc(-c4noc(C(F)(F)F)n4)c3)ccc2n(C)c1=O. The third-order valence-electron chi connectivity index (χ3n) is 4.71. The minimum absolute atomic E-state index is 0.101. The summed E-state index contributed by atoms with van der Waals surface area (Å²) in [6, 6.07) is 12.7. The van der Waals surface area contributed by atoms with Crippen LogP contribution in [0.2, 0.25) is 0 Å². The number of rotatable bonds is 3. The van der Waals surface area contributed by atoms with Crippen molar-refractivity contribution in [1.29, 1.82) is 0 Å². The lowest BCUT2D eigenvalue weighted by Crippen LogP contribution is -2.19. The number of amides is 1. The first-order chi connectivity index (χ1) is 14.6. The Hall–Kier alpha value is -3.95. The quantitative estimate of drug-likeness (QED) is 0.529. The molecule has 158 valence electrons. The molecule has 0 aliphatic rings. The molecule has 2 aromatic heterocycles. The number of alkyl halides is 3. The van der Waals surface area contributed by atoms with Crippen LogP contribution in [0.3, 0.4) is 0 Å². The van der Waals surface area contributed by atoms with Crippen LogP contribution in [0.25, 0.3) is 22.3 Å². The zero-order valence-corrected chi connectivity index (χ0v) is 16.3. The first kappa shape index (κ1) is 20.3. The predicted octanol–water partition coefficient (Wildman–Crippen LogP) is 4.17. The van der Waals surface area contributed by atoms with Gasteiger partial charge in [-0.1, -0.05) is 17.3 Å². The van der Waals surface area contributed by atoms with Crippen LogP contribution >= 0.6 is 0 Å². The van der Waals surface area contributed by atoms with E-state index in [-0.39, 0.29) is 22.5 Å². The fraction of sp³-hybridized carbons (Fsp3) is 0.143.